The van der Waals surface area contributed by atoms with Crippen molar-refractivity contribution in [3.8, 4) is 0 Å². The third-order valence-corrected chi connectivity index (χ3v) is 8.78. The van der Waals surface area contributed by atoms with E-state index >= 15 is 0 Å². The molecule has 0 saturated heterocycles. The summed E-state index contributed by atoms with van der Waals surface area (Å²) in [5.41, 5.74) is 2.59. The van der Waals surface area contributed by atoms with Gasteiger partial charge >= 0.3 is 0 Å². The van der Waals surface area contributed by atoms with E-state index in [2.05, 4.69) is 33.4 Å². The molecule has 0 unspecified atom stereocenters. The molecule has 4 aliphatic rings. The predicted molar refractivity (Wildman–Crippen MR) is 85.5 cm³/mol. The average molecular weight is 272 g/mol. The maximum Gasteiger partial charge on any atom is -0.0146 e. The van der Waals surface area contributed by atoms with Gasteiger partial charge in [-0.25, -0.2) is 0 Å². The molecule has 0 N–H and O–H groups in total. The summed E-state index contributed by atoms with van der Waals surface area (Å²) in [6.07, 6.45) is 15.7. The van der Waals surface area contributed by atoms with Crippen LogP contribution in [-0.4, -0.2) is 0 Å². The molecule has 0 heteroatoms. The van der Waals surface area contributed by atoms with Gasteiger partial charge in [0.15, 0.2) is 0 Å². The zero-order valence-corrected chi connectivity index (χ0v) is 13.8. The summed E-state index contributed by atoms with van der Waals surface area (Å²) >= 11 is 0. The van der Waals surface area contributed by atoms with Crippen LogP contribution in [0.25, 0.3) is 0 Å². The maximum absolute atomic E-state index is 4.13. The van der Waals surface area contributed by atoms with E-state index < -0.39 is 0 Å². The lowest BCUT2D eigenvalue weighted by atomic mass is 9.45. The van der Waals surface area contributed by atoms with Gasteiger partial charge < -0.3 is 0 Å². The third-order valence-electron chi connectivity index (χ3n) is 8.78. The van der Waals surface area contributed by atoms with E-state index in [1.165, 1.54) is 44.9 Å². The van der Waals surface area contributed by atoms with Gasteiger partial charge in [-0.2, -0.15) is 0 Å². The lowest BCUT2D eigenvalue weighted by Crippen LogP contribution is -2.51. The first-order chi connectivity index (χ1) is 9.38. The molecule has 4 fully saturated rings. The summed E-state index contributed by atoms with van der Waals surface area (Å²) in [5.74, 6) is 2.01. The van der Waals surface area contributed by atoms with Gasteiger partial charge in [0.2, 0.25) is 0 Å². The number of hydrogen-bond acceptors (Lipinski definition) is 0. The van der Waals surface area contributed by atoms with Crippen molar-refractivity contribution in [2.24, 2.45) is 33.5 Å². The first-order valence-corrected chi connectivity index (χ1v) is 9.01. The van der Waals surface area contributed by atoms with Crippen molar-refractivity contribution in [2.45, 2.75) is 78.6 Å². The lowest BCUT2D eigenvalue weighted by molar-refractivity contribution is -0.0968. The summed E-state index contributed by atoms with van der Waals surface area (Å²) in [5, 5.41) is 0. The molecule has 0 aromatic rings. The Balaban J connectivity index is 1.66. The number of allylic oxidation sites excluding steroid dienone is 1. The van der Waals surface area contributed by atoms with Crippen molar-refractivity contribution in [1.82, 2.24) is 0 Å². The Bertz CT molecular complexity index is 451. The minimum atomic E-state index is 0.427. The largest absolute Gasteiger partial charge is 0.103 e. The van der Waals surface area contributed by atoms with E-state index in [0.717, 1.165) is 22.7 Å². The predicted octanol–water partition coefficient (Wildman–Crippen LogP) is 5.98. The molecule has 4 aliphatic carbocycles. The summed E-state index contributed by atoms with van der Waals surface area (Å²) in [4.78, 5) is 0. The molecule has 0 bridgehead atoms. The van der Waals surface area contributed by atoms with E-state index in [4.69, 9.17) is 0 Å². The maximum atomic E-state index is 4.13. The lowest BCUT2D eigenvalue weighted by Gasteiger charge is -2.60. The molecule has 0 heterocycles. The van der Waals surface area contributed by atoms with Crippen LogP contribution in [0, 0.1) is 33.5 Å². The topological polar surface area (TPSA) is 0 Å². The van der Waals surface area contributed by atoms with Gasteiger partial charge in [-0.05, 0) is 84.9 Å². The molecule has 0 aromatic carbocycles. The zero-order valence-electron chi connectivity index (χ0n) is 13.8. The SMILES string of the molecule is C=C[C@@]1(C)CC[C@@]2(C)[C@@H](CC[C@@]34C[C@]3(C)CCC[C@H]24)C1. The van der Waals surface area contributed by atoms with Gasteiger partial charge in [0.25, 0.3) is 0 Å². The molecular formula is C20H32. The zero-order chi connectivity index (χ0) is 14.2. The van der Waals surface area contributed by atoms with Crippen LogP contribution in [0.1, 0.15) is 78.6 Å². The standard InChI is InChI=1S/C20H32/c1-5-17(2)11-12-19(4)15(13-17)8-10-20-14-18(20,3)9-6-7-16(19)20/h5,15-16H,1,6-14H2,2-4H3/t15-,16+,17-,18-,19-,20-/m0/s1. The molecular weight excluding hydrogens is 240 g/mol. The summed E-state index contributed by atoms with van der Waals surface area (Å²) < 4.78 is 0. The normalized spacial score (nSPS) is 61.0. The second-order valence-corrected chi connectivity index (χ2v) is 9.64. The van der Waals surface area contributed by atoms with Crippen LogP contribution in [0.4, 0.5) is 0 Å². The molecule has 0 amide bonds. The fraction of sp³-hybridized carbons (Fsp3) is 0.900. The fourth-order valence-electron chi connectivity index (χ4n) is 7.20. The Hall–Kier alpha value is -0.260. The summed E-state index contributed by atoms with van der Waals surface area (Å²) in [6, 6.07) is 0. The molecule has 0 radical (unpaired) electrons. The van der Waals surface area contributed by atoms with Gasteiger partial charge in [0.05, 0.1) is 0 Å². The van der Waals surface area contributed by atoms with Crippen molar-refractivity contribution < 1.29 is 0 Å². The van der Waals surface area contributed by atoms with E-state index in [1.807, 2.05) is 0 Å². The number of fused-ring (bicyclic) bond motifs is 2. The van der Waals surface area contributed by atoms with Crippen molar-refractivity contribution in [3.63, 3.8) is 0 Å². The average Bonchev–Trinajstić information content (AvgIpc) is 3.05. The molecule has 6 atom stereocenters. The fourth-order valence-corrected chi connectivity index (χ4v) is 7.20. The Kier molecular flexibility index (Phi) is 2.50. The van der Waals surface area contributed by atoms with Crippen molar-refractivity contribution in [1.29, 1.82) is 0 Å². The van der Waals surface area contributed by atoms with E-state index in [1.54, 1.807) is 12.8 Å². The third kappa shape index (κ3) is 1.44. The van der Waals surface area contributed by atoms with Crippen molar-refractivity contribution in [3.05, 3.63) is 12.7 Å². The second kappa shape index (κ2) is 3.73. The highest BCUT2D eigenvalue weighted by molar-refractivity contribution is 5.22. The summed E-state index contributed by atoms with van der Waals surface area (Å²) in [7, 11) is 0. The monoisotopic (exact) mass is 272 g/mol. The molecule has 4 saturated carbocycles. The first-order valence-electron chi connectivity index (χ1n) is 9.01. The highest BCUT2D eigenvalue weighted by atomic mass is 14.8. The highest BCUT2D eigenvalue weighted by Crippen LogP contribution is 2.81. The van der Waals surface area contributed by atoms with Crippen LogP contribution in [0.3, 0.4) is 0 Å². The Morgan fingerprint density at radius 3 is 2.55 bits per heavy atom. The molecule has 0 aromatic heterocycles. The molecule has 1 spiro atoms. The van der Waals surface area contributed by atoms with Gasteiger partial charge in [-0.1, -0.05) is 33.3 Å². The van der Waals surface area contributed by atoms with E-state index in [9.17, 15) is 0 Å². The molecule has 112 valence electrons. The minimum Gasteiger partial charge on any atom is -0.103 e. The Labute approximate surface area is 125 Å². The van der Waals surface area contributed by atoms with Gasteiger partial charge in [0.1, 0.15) is 0 Å². The second-order valence-electron chi connectivity index (χ2n) is 9.64. The Morgan fingerprint density at radius 2 is 1.80 bits per heavy atom. The van der Waals surface area contributed by atoms with Crippen LogP contribution < -0.4 is 0 Å². The van der Waals surface area contributed by atoms with Crippen LogP contribution in [-0.2, 0) is 0 Å². The van der Waals surface area contributed by atoms with Gasteiger partial charge in [-0.15, -0.1) is 6.58 Å². The first kappa shape index (κ1) is 13.4. The molecule has 4 rings (SSSR count). The van der Waals surface area contributed by atoms with Crippen LogP contribution in [0.15, 0.2) is 12.7 Å². The van der Waals surface area contributed by atoms with Crippen LogP contribution >= 0.6 is 0 Å². The number of hydrogen-bond donors (Lipinski definition) is 0. The highest BCUT2D eigenvalue weighted by Gasteiger charge is 2.73. The minimum absolute atomic E-state index is 0.427. The van der Waals surface area contributed by atoms with Crippen molar-refractivity contribution >= 4 is 0 Å². The number of rotatable bonds is 1. The summed E-state index contributed by atoms with van der Waals surface area (Å²) in [6.45, 7) is 11.9. The Morgan fingerprint density at radius 1 is 1.00 bits per heavy atom. The van der Waals surface area contributed by atoms with Crippen molar-refractivity contribution in [2.75, 3.05) is 0 Å². The molecule has 0 nitrogen and oxygen atoms in total. The van der Waals surface area contributed by atoms with E-state index in [-0.39, 0.29) is 0 Å². The van der Waals surface area contributed by atoms with E-state index in [0.29, 0.717) is 10.8 Å². The van der Waals surface area contributed by atoms with Gasteiger partial charge in [-0.3, -0.25) is 0 Å². The molecule has 20 heavy (non-hydrogen) atoms. The van der Waals surface area contributed by atoms with Gasteiger partial charge in [0, 0.05) is 0 Å². The van der Waals surface area contributed by atoms with Crippen LogP contribution in [0.2, 0.25) is 0 Å². The smallest absolute Gasteiger partial charge is 0.0146 e. The van der Waals surface area contributed by atoms with Crippen LogP contribution in [0.5, 0.6) is 0 Å². The molecule has 0 aliphatic heterocycles. The quantitative estimate of drug-likeness (QED) is 0.515.